The molecule has 0 saturated heterocycles. The van der Waals surface area contributed by atoms with Gasteiger partial charge in [0.15, 0.2) is 0 Å². The van der Waals surface area contributed by atoms with Crippen LogP contribution < -0.4 is 0 Å². The monoisotopic (exact) mass is 235 g/mol. The van der Waals surface area contributed by atoms with E-state index in [2.05, 4.69) is 4.74 Å². The van der Waals surface area contributed by atoms with Crippen molar-refractivity contribution < 1.29 is 17.9 Å². The minimum absolute atomic E-state index is 0.187. The lowest BCUT2D eigenvalue weighted by atomic mass is 10.4. The molecule has 1 aliphatic carbocycles. The topological polar surface area (TPSA) is 63.7 Å². The third kappa shape index (κ3) is 2.92. The van der Waals surface area contributed by atoms with E-state index in [1.165, 1.54) is 11.4 Å². The van der Waals surface area contributed by atoms with Gasteiger partial charge in [-0.3, -0.25) is 4.79 Å². The summed E-state index contributed by atoms with van der Waals surface area (Å²) in [5.74, 6) is -0.520. The molecule has 5 nitrogen and oxygen atoms in total. The van der Waals surface area contributed by atoms with Crippen LogP contribution in [0.1, 0.15) is 26.7 Å². The van der Waals surface area contributed by atoms with E-state index in [1.807, 2.05) is 0 Å². The average molecular weight is 235 g/mol. The Morgan fingerprint density at radius 2 is 2.00 bits per heavy atom. The van der Waals surface area contributed by atoms with Crippen molar-refractivity contribution in [2.75, 3.05) is 13.7 Å². The fourth-order valence-corrected chi connectivity index (χ4v) is 3.30. The minimum Gasteiger partial charge on any atom is -0.468 e. The maximum absolute atomic E-state index is 11.9. The van der Waals surface area contributed by atoms with Crippen LogP contribution in [0.2, 0.25) is 0 Å². The van der Waals surface area contributed by atoms with Gasteiger partial charge in [0.25, 0.3) is 0 Å². The maximum atomic E-state index is 11.9. The largest absolute Gasteiger partial charge is 0.468 e. The van der Waals surface area contributed by atoms with Gasteiger partial charge in [-0.1, -0.05) is 0 Å². The SMILES string of the molecule is COC(=O)CN(C(C)C)S(=O)(=O)C1CC1. The Kier molecular flexibility index (Phi) is 3.72. The van der Waals surface area contributed by atoms with Gasteiger partial charge in [0.2, 0.25) is 10.0 Å². The van der Waals surface area contributed by atoms with Gasteiger partial charge in [-0.25, -0.2) is 8.42 Å². The summed E-state index contributed by atoms with van der Waals surface area (Å²) in [7, 11) is -2.05. The van der Waals surface area contributed by atoms with Crippen LogP contribution in [0.25, 0.3) is 0 Å². The van der Waals surface area contributed by atoms with E-state index < -0.39 is 16.0 Å². The number of sulfonamides is 1. The summed E-state index contributed by atoms with van der Waals surface area (Å²) in [6, 6.07) is -0.213. The fraction of sp³-hybridized carbons (Fsp3) is 0.889. The molecule has 0 atom stereocenters. The molecule has 1 saturated carbocycles. The van der Waals surface area contributed by atoms with Crippen molar-refractivity contribution in [3.8, 4) is 0 Å². The Labute approximate surface area is 90.4 Å². The first-order valence-electron chi connectivity index (χ1n) is 4.97. The van der Waals surface area contributed by atoms with Crippen molar-refractivity contribution in [2.45, 2.75) is 38.0 Å². The number of rotatable bonds is 5. The number of carbonyl (C=O) groups excluding carboxylic acids is 1. The first kappa shape index (κ1) is 12.4. The van der Waals surface area contributed by atoms with Gasteiger partial charge in [0, 0.05) is 6.04 Å². The molecule has 88 valence electrons. The lowest BCUT2D eigenvalue weighted by molar-refractivity contribution is -0.141. The summed E-state index contributed by atoms with van der Waals surface area (Å²) in [5, 5.41) is -0.287. The lowest BCUT2D eigenvalue weighted by Gasteiger charge is -2.24. The van der Waals surface area contributed by atoms with Crippen LogP contribution in [-0.2, 0) is 19.6 Å². The highest BCUT2D eigenvalue weighted by Crippen LogP contribution is 2.31. The summed E-state index contributed by atoms with van der Waals surface area (Å²) in [6.45, 7) is 3.32. The molecule has 15 heavy (non-hydrogen) atoms. The molecule has 0 N–H and O–H groups in total. The van der Waals surface area contributed by atoms with Crippen molar-refractivity contribution in [3.63, 3.8) is 0 Å². The van der Waals surface area contributed by atoms with E-state index in [0.29, 0.717) is 12.8 Å². The lowest BCUT2D eigenvalue weighted by Crippen LogP contribution is -2.42. The quantitative estimate of drug-likeness (QED) is 0.645. The first-order valence-corrected chi connectivity index (χ1v) is 6.47. The predicted molar refractivity (Wildman–Crippen MR) is 55.8 cm³/mol. The molecule has 1 rings (SSSR count). The standard InChI is InChI=1S/C9H17NO4S/c1-7(2)10(6-9(11)14-3)15(12,13)8-4-5-8/h7-8H,4-6H2,1-3H3. The van der Waals surface area contributed by atoms with Crippen molar-refractivity contribution in [3.05, 3.63) is 0 Å². The van der Waals surface area contributed by atoms with Gasteiger partial charge < -0.3 is 4.74 Å². The van der Waals surface area contributed by atoms with Gasteiger partial charge in [0.05, 0.1) is 12.4 Å². The summed E-state index contributed by atoms with van der Waals surface area (Å²) >= 11 is 0. The average Bonchev–Trinajstić information content (AvgIpc) is 2.95. The molecule has 0 radical (unpaired) electrons. The predicted octanol–water partition coefficient (Wildman–Crippen LogP) is 0.362. The second-order valence-electron chi connectivity index (χ2n) is 3.96. The van der Waals surface area contributed by atoms with Gasteiger partial charge in [-0.15, -0.1) is 0 Å². The molecule has 0 aromatic heterocycles. The van der Waals surface area contributed by atoms with Crippen LogP contribution in [0.3, 0.4) is 0 Å². The zero-order valence-corrected chi connectivity index (χ0v) is 10.1. The van der Waals surface area contributed by atoms with Crippen LogP contribution in [0.4, 0.5) is 0 Å². The van der Waals surface area contributed by atoms with Gasteiger partial charge in [-0.05, 0) is 26.7 Å². The maximum Gasteiger partial charge on any atom is 0.321 e. The molecule has 0 spiro atoms. The zero-order valence-electron chi connectivity index (χ0n) is 9.26. The summed E-state index contributed by atoms with van der Waals surface area (Å²) in [4.78, 5) is 11.1. The molecular formula is C9H17NO4S. The van der Waals surface area contributed by atoms with Gasteiger partial charge >= 0.3 is 5.97 Å². The summed E-state index contributed by atoms with van der Waals surface area (Å²) < 4.78 is 29.5. The molecule has 0 unspecified atom stereocenters. The Hall–Kier alpha value is -0.620. The second-order valence-corrected chi connectivity index (χ2v) is 6.13. The van der Waals surface area contributed by atoms with E-state index in [1.54, 1.807) is 13.8 Å². The smallest absolute Gasteiger partial charge is 0.321 e. The van der Waals surface area contributed by atoms with Crippen LogP contribution >= 0.6 is 0 Å². The molecule has 0 amide bonds. The molecule has 6 heteroatoms. The van der Waals surface area contributed by atoms with Crippen molar-refractivity contribution in [2.24, 2.45) is 0 Å². The number of carbonyl (C=O) groups is 1. The van der Waals surface area contributed by atoms with E-state index in [9.17, 15) is 13.2 Å². The Morgan fingerprint density at radius 3 is 2.33 bits per heavy atom. The molecule has 0 aromatic carbocycles. The molecule has 0 bridgehead atoms. The van der Waals surface area contributed by atoms with Crippen molar-refractivity contribution in [1.82, 2.24) is 4.31 Å². The third-order valence-electron chi connectivity index (χ3n) is 2.36. The third-order valence-corrected chi connectivity index (χ3v) is 4.88. The van der Waals surface area contributed by atoms with E-state index in [-0.39, 0.29) is 17.8 Å². The number of hydrogen-bond donors (Lipinski definition) is 0. The van der Waals surface area contributed by atoms with Crippen LogP contribution in [0, 0.1) is 0 Å². The summed E-state index contributed by atoms with van der Waals surface area (Å²) in [6.07, 6.45) is 1.40. The highest BCUT2D eigenvalue weighted by Gasteiger charge is 2.41. The molecule has 1 aliphatic rings. The number of nitrogens with zero attached hydrogens (tertiary/aromatic N) is 1. The molecule has 0 heterocycles. The Morgan fingerprint density at radius 1 is 1.47 bits per heavy atom. The number of methoxy groups -OCH3 is 1. The zero-order chi connectivity index (χ0) is 11.6. The van der Waals surface area contributed by atoms with E-state index in [4.69, 9.17) is 0 Å². The number of esters is 1. The summed E-state index contributed by atoms with van der Waals surface area (Å²) in [5.41, 5.74) is 0. The van der Waals surface area contributed by atoms with Crippen LogP contribution in [0.15, 0.2) is 0 Å². The second kappa shape index (κ2) is 4.49. The normalized spacial score (nSPS) is 17.1. The van der Waals surface area contributed by atoms with Crippen molar-refractivity contribution in [1.29, 1.82) is 0 Å². The first-order chi connectivity index (χ1) is 6.89. The fourth-order valence-electron chi connectivity index (χ4n) is 1.32. The number of hydrogen-bond acceptors (Lipinski definition) is 4. The minimum atomic E-state index is -3.30. The van der Waals surface area contributed by atoms with E-state index >= 15 is 0 Å². The Balaban J connectivity index is 2.78. The van der Waals surface area contributed by atoms with Gasteiger partial charge in [-0.2, -0.15) is 4.31 Å². The highest BCUT2D eigenvalue weighted by molar-refractivity contribution is 7.90. The Bertz CT molecular complexity index is 332. The van der Waals surface area contributed by atoms with Gasteiger partial charge in [0.1, 0.15) is 6.54 Å². The molecule has 0 aliphatic heterocycles. The van der Waals surface area contributed by atoms with Crippen molar-refractivity contribution >= 4 is 16.0 Å². The molecule has 0 aromatic rings. The number of ether oxygens (including phenoxy) is 1. The highest BCUT2D eigenvalue weighted by atomic mass is 32.2. The van der Waals surface area contributed by atoms with E-state index in [0.717, 1.165) is 0 Å². The molecule has 1 fully saturated rings. The van der Waals surface area contributed by atoms with Crippen LogP contribution in [-0.4, -0.2) is 43.6 Å². The van der Waals surface area contributed by atoms with Crippen LogP contribution in [0.5, 0.6) is 0 Å². The molecular weight excluding hydrogens is 218 g/mol.